The van der Waals surface area contributed by atoms with E-state index in [2.05, 4.69) is 25.7 Å². The molecule has 8 heteroatoms. The number of carbonyl (C=O) groups excluding carboxylic acids is 1. The topological polar surface area (TPSA) is 114 Å². The Kier molecular flexibility index (Phi) is 4.76. The molecule has 3 aromatic heterocycles. The number of hydrogen-bond donors (Lipinski definition) is 2. The molecule has 0 spiro atoms. The van der Waals surface area contributed by atoms with Gasteiger partial charge in [-0.1, -0.05) is 47.6 Å². The van der Waals surface area contributed by atoms with E-state index >= 15 is 0 Å². The van der Waals surface area contributed by atoms with Crippen LogP contribution in [0.15, 0.2) is 82.1 Å². The van der Waals surface area contributed by atoms with Crippen LogP contribution in [-0.4, -0.2) is 26.2 Å². The SMILES string of the molecule is O=C(Nc1cccc(-c2ccc(=O)[nH]n2)c1)c1cc(C2CC2)nc2onc(-c3ccccc3)c12. The van der Waals surface area contributed by atoms with Crippen LogP contribution < -0.4 is 10.9 Å². The van der Waals surface area contributed by atoms with Gasteiger partial charge in [0.25, 0.3) is 17.2 Å². The van der Waals surface area contributed by atoms with E-state index in [9.17, 15) is 9.59 Å². The smallest absolute Gasteiger partial charge is 0.264 e. The number of carbonyl (C=O) groups is 1. The van der Waals surface area contributed by atoms with Gasteiger partial charge in [-0.15, -0.1) is 0 Å². The number of amides is 1. The van der Waals surface area contributed by atoms with Crippen LogP contribution in [0.4, 0.5) is 5.69 Å². The molecular formula is C26H19N5O3. The number of pyridine rings is 1. The molecule has 1 saturated carbocycles. The van der Waals surface area contributed by atoms with Crippen molar-refractivity contribution < 1.29 is 9.32 Å². The van der Waals surface area contributed by atoms with Crippen molar-refractivity contribution >= 4 is 22.7 Å². The standard InChI is InChI=1S/C26H19N5O3/c32-22-12-11-20(29-30-22)17-7-4-8-18(13-17)27-25(33)19-14-21(15-9-10-15)28-26-23(19)24(31-34-26)16-5-2-1-3-6-16/h1-8,11-15H,9-10H2,(H,27,33)(H,30,32). The molecular weight excluding hydrogens is 430 g/mol. The van der Waals surface area contributed by atoms with Crippen LogP contribution in [0.1, 0.15) is 34.8 Å². The summed E-state index contributed by atoms with van der Waals surface area (Å²) in [5, 5.41) is 14.3. The fraction of sp³-hybridized carbons (Fsp3) is 0.115. The first-order valence-electron chi connectivity index (χ1n) is 11.0. The summed E-state index contributed by atoms with van der Waals surface area (Å²) in [6.07, 6.45) is 2.10. The first kappa shape index (κ1) is 20.0. The van der Waals surface area contributed by atoms with Crippen molar-refractivity contribution in [3.63, 3.8) is 0 Å². The lowest BCUT2D eigenvalue weighted by atomic mass is 10.0. The molecule has 8 nitrogen and oxygen atoms in total. The Morgan fingerprint density at radius 1 is 0.971 bits per heavy atom. The molecule has 0 radical (unpaired) electrons. The second kappa shape index (κ2) is 8.08. The largest absolute Gasteiger partial charge is 0.335 e. The quantitative estimate of drug-likeness (QED) is 0.400. The van der Waals surface area contributed by atoms with Crippen molar-refractivity contribution in [1.82, 2.24) is 20.3 Å². The highest BCUT2D eigenvalue weighted by Gasteiger charge is 2.29. The lowest BCUT2D eigenvalue weighted by Crippen LogP contribution is -2.13. The molecule has 0 saturated heterocycles. The minimum absolute atomic E-state index is 0.274. The Morgan fingerprint density at radius 3 is 2.56 bits per heavy atom. The Hall–Kier alpha value is -4.59. The predicted molar refractivity (Wildman–Crippen MR) is 127 cm³/mol. The lowest BCUT2D eigenvalue weighted by molar-refractivity contribution is 0.102. The molecule has 1 amide bonds. The van der Waals surface area contributed by atoms with Crippen LogP contribution in [0.3, 0.4) is 0 Å². The summed E-state index contributed by atoms with van der Waals surface area (Å²) in [4.78, 5) is 29.5. The summed E-state index contributed by atoms with van der Waals surface area (Å²) < 4.78 is 5.57. The molecule has 6 rings (SSSR count). The number of nitrogens with zero attached hydrogens (tertiary/aromatic N) is 3. The molecule has 5 aromatic rings. The van der Waals surface area contributed by atoms with E-state index in [0.29, 0.717) is 39.7 Å². The first-order chi connectivity index (χ1) is 16.7. The zero-order valence-corrected chi connectivity index (χ0v) is 18.0. The number of hydrogen-bond acceptors (Lipinski definition) is 6. The van der Waals surface area contributed by atoms with Gasteiger partial charge in [-0.25, -0.2) is 10.1 Å². The first-order valence-corrected chi connectivity index (χ1v) is 11.0. The van der Waals surface area contributed by atoms with E-state index in [1.54, 1.807) is 12.1 Å². The molecule has 1 fully saturated rings. The van der Waals surface area contributed by atoms with Crippen LogP contribution in [0, 0.1) is 0 Å². The number of anilines is 1. The maximum Gasteiger partial charge on any atom is 0.264 e. The molecule has 34 heavy (non-hydrogen) atoms. The van der Waals surface area contributed by atoms with Gasteiger partial charge in [-0.3, -0.25) is 9.59 Å². The number of rotatable bonds is 5. The zero-order chi connectivity index (χ0) is 23.1. The molecule has 2 N–H and O–H groups in total. The number of aromatic nitrogens is 4. The second-order valence-electron chi connectivity index (χ2n) is 8.29. The van der Waals surface area contributed by atoms with Crippen molar-refractivity contribution in [2.75, 3.05) is 5.32 Å². The maximum atomic E-state index is 13.5. The third-order valence-corrected chi connectivity index (χ3v) is 5.85. The number of aromatic amines is 1. The van der Waals surface area contributed by atoms with Crippen LogP contribution in [0.2, 0.25) is 0 Å². The predicted octanol–water partition coefficient (Wildman–Crippen LogP) is 4.77. The molecule has 1 aliphatic rings. The van der Waals surface area contributed by atoms with Gasteiger partial charge in [-0.2, -0.15) is 5.10 Å². The molecule has 1 aliphatic carbocycles. The molecule has 0 bridgehead atoms. The molecule has 0 aliphatic heterocycles. The Labute approximate surface area is 193 Å². The average molecular weight is 449 g/mol. The summed E-state index contributed by atoms with van der Waals surface area (Å²) >= 11 is 0. The highest BCUT2D eigenvalue weighted by Crippen LogP contribution is 2.41. The molecule has 2 aromatic carbocycles. The highest BCUT2D eigenvalue weighted by atomic mass is 16.5. The van der Waals surface area contributed by atoms with Gasteiger partial charge in [-0.05, 0) is 37.1 Å². The molecule has 0 unspecified atom stereocenters. The van der Waals surface area contributed by atoms with Gasteiger partial charge in [0.15, 0.2) is 0 Å². The average Bonchev–Trinajstić information content (AvgIpc) is 3.63. The van der Waals surface area contributed by atoms with E-state index < -0.39 is 0 Å². The van der Waals surface area contributed by atoms with Gasteiger partial charge < -0.3 is 9.84 Å². The number of H-pyrrole nitrogens is 1. The summed E-state index contributed by atoms with van der Waals surface area (Å²) in [5.74, 6) is 0.0668. The number of benzene rings is 2. The van der Waals surface area contributed by atoms with Crippen LogP contribution in [0.25, 0.3) is 33.6 Å². The summed E-state index contributed by atoms with van der Waals surface area (Å²) in [6.45, 7) is 0. The number of nitrogens with one attached hydrogen (secondary N) is 2. The third kappa shape index (κ3) is 3.75. The maximum absolute atomic E-state index is 13.5. The Morgan fingerprint density at radius 2 is 1.79 bits per heavy atom. The summed E-state index contributed by atoms with van der Waals surface area (Å²) in [7, 11) is 0. The Bertz CT molecular complexity index is 1570. The van der Waals surface area contributed by atoms with Gasteiger partial charge in [0.1, 0.15) is 5.69 Å². The van der Waals surface area contributed by atoms with Crippen LogP contribution >= 0.6 is 0 Å². The van der Waals surface area contributed by atoms with Crippen molar-refractivity contribution in [1.29, 1.82) is 0 Å². The van der Waals surface area contributed by atoms with Crippen molar-refractivity contribution in [2.24, 2.45) is 0 Å². The van der Waals surface area contributed by atoms with Gasteiger partial charge in [0.2, 0.25) is 0 Å². The second-order valence-corrected chi connectivity index (χ2v) is 8.29. The van der Waals surface area contributed by atoms with Crippen LogP contribution in [-0.2, 0) is 0 Å². The van der Waals surface area contributed by atoms with E-state index in [4.69, 9.17) is 4.52 Å². The van der Waals surface area contributed by atoms with E-state index in [1.165, 1.54) is 6.07 Å². The van der Waals surface area contributed by atoms with Crippen LogP contribution in [0.5, 0.6) is 0 Å². The van der Waals surface area contributed by atoms with E-state index in [0.717, 1.165) is 29.7 Å². The third-order valence-electron chi connectivity index (χ3n) is 5.85. The molecule has 166 valence electrons. The van der Waals surface area contributed by atoms with Gasteiger partial charge in [0.05, 0.1) is 16.6 Å². The molecule has 3 heterocycles. The van der Waals surface area contributed by atoms with E-state index in [1.807, 2.05) is 54.6 Å². The van der Waals surface area contributed by atoms with Crippen molar-refractivity contribution in [2.45, 2.75) is 18.8 Å². The monoisotopic (exact) mass is 449 g/mol. The normalized spacial score (nSPS) is 13.2. The number of fused-ring (bicyclic) bond motifs is 1. The van der Waals surface area contributed by atoms with E-state index in [-0.39, 0.29) is 11.5 Å². The van der Waals surface area contributed by atoms with Crippen molar-refractivity contribution in [3.8, 4) is 22.5 Å². The minimum atomic E-state index is -0.277. The minimum Gasteiger partial charge on any atom is -0.335 e. The molecule has 0 atom stereocenters. The summed E-state index contributed by atoms with van der Waals surface area (Å²) in [5.41, 5.74) is 4.81. The van der Waals surface area contributed by atoms with Crippen molar-refractivity contribution in [3.05, 3.63) is 94.4 Å². The summed E-state index contributed by atoms with van der Waals surface area (Å²) in [6, 6.07) is 21.8. The van der Waals surface area contributed by atoms with Gasteiger partial charge >= 0.3 is 0 Å². The Balaban J connectivity index is 1.40. The fourth-order valence-corrected chi connectivity index (χ4v) is 3.99. The lowest BCUT2D eigenvalue weighted by Gasteiger charge is -2.10. The fourth-order valence-electron chi connectivity index (χ4n) is 3.99. The highest BCUT2D eigenvalue weighted by molar-refractivity contribution is 6.14. The van der Waals surface area contributed by atoms with Gasteiger partial charge in [0, 0.05) is 34.5 Å². The zero-order valence-electron chi connectivity index (χ0n) is 18.0.